The Bertz CT molecular complexity index is 361. The Morgan fingerprint density at radius 1 is 1.18 bits per heavy atom. The Hall–Kier alpha value is -0.380. The van der Waals surface area contributed by atoms with Gasteiger partial charge in [-0.05, 0) is 55.0 Å². The highest BCUT2D eigenvalue weighted by Gasteiger charge is 2.22. The van der Waals surface area contributed by atoms with Gasteiger partial charge in [0, 0.05) is 4.47 Å². The summed E-state index contributed by atoms with van der Waals surface area (Å²) in [6.45, 7) is 7.95. The Morgan fingerprint density at radius 3 is 2.24 bits per heavy atom. The van der Waals surface area contributed by atoms with Crippen LogP contribution in [0.4, 0.5) is 0 Å². The second kappa shape index (κ2) is 6.53. The van der Waals surface area contributed by atoms with Crippen molar-refractivity contribution in [2.45, 2.75) is 26.7 Å². The summed E-state index contributed by atoms with van der Waals surface area (Å²) in [5.74, 6) is 1.39. The average molecular weight is 299 g/mol. The van der Waals surface area contributed by atoms with E-state index in [1.165, 1.54) is 11.1 Å². The third kappa shape index (κ3) is 3.54. The molecule has 0 aliphatic heterocycles. The molecular formula is C14H23BrN2. The van der Waals surface area contributed by atoms with Gasteiger partial charge < -0.3 is 11.5 Å². The minimum absolute atomic E-state index is 0.397. The molecule has 0 aliphatic rings. The molecule has 0 saturated heterocycles. The molecule has 2 atom stereocenters. The third-order valence-corrected chi connectivity index (χ3v) is 4.74. The summed E-state index contributed by atoms with van der Waals surface area (Å²) in [5.41, 5.74) is 14.2. The van der Waals surface area contributed by atoms with Crippen LogP contribution in [0.5, 0.6) is 0 Å². The van der Waals surface area contributed by atoms with Crippen LogP contribution >= 0.6 is 15.9 Å². The summed E-state index contributed by atoms with van der Waals surface area (Å²) in [7, 11) is 0. The molecule has 0 fully saturated rings. The highest BCUT2D eigenvalue weighted by Crippen LogP contribution is 2.31. The summed E-state index contributed by atoms with van der Waals surface area (Å²) >= 11 is 3.53. The first-order valence-electron chi connectivity index (χ1n) is 6.17. The van der Waals surface area contributed by atoms with Crippen molar-refractivity contribution in [2.75, 3.05) is 13.1 Å². The Labute approximate surface area is 113 Å². The first kappa shape index (κ1) is 14.7. The van der Waals surface area contributed by atoms with Crippen LogP contribution in [0.15, 0.2) is 22.7 Å². The lowest BCUT2D eigenvalue weighted by atomic mass is 9.80. The largest absolute Gasteiger partial charge is 0.330 e. The molecule has 0 bridgehead atoms. The van der Waals surface area contributed by atoms with Crippen LogP contribution in [0, 0.1) is 18.8 Å². The fourth-order valence-electron chi connectivity index (χ4n) is 2.19. The number of aryl methyl sites for hydroxylation is 1. The summed E-state index contributed by atoms with van der Waals surface area (Å²) in [5, 5.41) is 0. The molecule has 2 unspecified atom stereocenters. The Morgan fingerprint density at radius 2 is 1.76 bits per heavy atom. The van der Waals surface area contributed by atoms with Crippen LogP contribution in [0.2, 0.25) is 0 Å². The quantitative estimate of drug-likeness (QED) is 0.878. The maximum absolute atomic E-state index is 5.77. The zero-order chi connectivity index (χ0) is 13.0. The number of benzene rings is 1. The minimum Gasteiger partial charge on any atom is -0.330 e. The minimum atomic E-state index is 0.397. The Balaban J connectivity index is 2.87. The topological polar surface area (TPSA) is 52.0 Å². The van der Waals surface area contributed by atoms with Gasteiger partial charge >= 0.3 is 0 Å². The normalized spacial score (nSPS) is 15.0. The van der Waals surface area contributed by atoms with Gasteiger partial charge in [0.05, 0.1) is 0 Å². The molecule has 3 heteroatoms. The van der Waals surface area contributed by atoms with Gasteiger partial charge in [-0.2, -0.15) is 0 Å². The molecule has 2 nitrogen and oxygen atoms in total. The highest BCUT2D eigenvalue weighted by molar-refractivity contribution is 9.10. The van der Waals surface area contributed by atoms with Crippen molar-refractivity contribution in [3.63, 3.8) is 0 Å². The van der Waals surface area contributed by atoms with Gasteiger partial charge in [0.2, 0.25) is 0 Å². The molecule has 0 amide bonds. The molecule has 4 N–H and O–H groups in total. The fraction of sp³-hybridized carbons (Fsp3) is 0.571. The average Bonchev–Trinajstić information content (AvgIpc) is 2.33. The van der Waals surface area contributed by atoms with Gasteiger partial charge in [0.15, 0.2) is 0 Å². The molecule has 0 heterocycles. The zero-order valence-corrected chi connectivity index (χ0v) is 12.5. The summed E-state index contributed by atoms with van der Waals surface area (Å²) < 4.78 is 1.16. The van der Waals surface area contributed by atoms with E-state index < -0.39 is 0 Å². The van der Waals surface area contributed by atoms with Gasteiger partial charge in [-0.1, -0.05) is 41.9 Å². The molecule has 0 aliphatic carbocycles. The van der Waals surface area contributed by atoms with E-state index in [1.807, 2.05) is 0 Å². The van der Waals surface area contributed by atoms with Crippen molar-refractivity contribution in [3.05, 3.63) is 33.8 Å². The predicted molar refractivity (Wildman–Crippen MR) is 78.1 cm³/mol. The molecule has 1 aromatic rings. The van der Waals surface area contributed by atoms with E-state index in [4.69, 9.17) is 11.5 Å². The van der Waals surface area contributed by atoms with Crippen LogP contribution < -0.4 is 11.5 Å². The summed E-state index contributed by atoms with van der Waals surface area (Å²) in [4.78, 5) is 0. The fourth-order valence-corrected chi connectivity index (χ4v) is 2.44. The van der Waals surface area contributed by atoms with Crippen LogP contribution in [0.3, 0.4) is 0 Å². The third-order valence-electron chi connectivity index (χ3n) is 3.85. The van der Waals surface area contributed by atoms with Gasteiger partial charge in [0.1, 0.15) is 0 Å². The number of halogens is 1. The van der Waals surface area contributed by atoms with E-state index in [0.717, 1.165) is 4.47 Å². The number of rotatable bonds is 5. The predicted octanol–water partition coefficient (Wildman–Crippen LogP) is 3.03. The van der Waals surface area contributed by atoms with Crippen LogP contribution in [-0.2, 0) is 0 Å². The second-order valence-electron chi connectivity index (χ2n) is 4.89. The lowest BCUT2D eigenvalue weighted by molar-refractivity contribution is 0.328. The molecule has 0 saturated carbocycles. The van der Waals surface area contributed by atoms with E-state index in [9.17, 15) is 0 Å². The monoisotopic (exact) mass is 298 g/mol. The van der Waals surface area contributed by atoms with Crippen molar-refractivity contribution >= 4 is 15.9 Å². The van der Waals surface area contributed by atoms with Gasteiger partial charge in [-0.25, -0.2) is 0 Å². The van der Waals surface area contributed by atoms with Gasteiger partial charge in [0.25, 0.3) is 0 Å². The molecular weight excluding hydrogens is 276 g/mol. The smallest absolute Gasteiger partial charge is 0.0204 e. The van der Waals surface area contributed by atoms with Gasteiger partial charge in [-0.15, -0.1) is 0 Å². The Kier molecular flexibility index (Phi) is 5.63. The van der Waals surface area contributed by atoms with Crippen LogP contribution in [-0.4, -0.2) is 13.1 Å². The summed E-state index contributed by atoms with van der Waals surface area (Å²) in [6.07, 6.45) is 0. The van der Waals surface area contributed by atoms with E-state index in [0.29, 0.717) is 30.8 Å². The van der Waals surface area contributed by atoms with Crippen LogP contribution in [0.25, 0.3) is 0 Å². The maximum atomic E-state index is 5.77. The molecule has 1 rings (SSSR count). The summed E-state index contributed by atoms with van der Waals surface area (Å²) in [6, 6.07) is 6.55. The number of hydrogen-bond acceptors (Lipinski definition) is 2. The number of nitrogens with two attached hydrogens (primary N) is 2. The standard InChI is InChI=1S/C14H23BrN2/c1-9-6-12(4-5-14(9)15)10(2)11(3)13(7-16)8-17/h4-6,10-11,13H,7-8,16-17H2,1-3H3. The van der Waals surface area contributed by atoms with Gasteiger partial charge in [-0.3, -0.25) is 0 Å². The van der Waals surface area contributed by atoms with E-state index in [2.05, 4.69) is 54.9 Å². The molecule has 96 valence electrons. The van der Waals surface area contributed by atoms with E-state index in [1.54, 1.807) is 0 Å². The van der Waals surface area contributed by atoms with Crippen molar-refractivity contribution in [1.82, 2.24) is 0 Å². The van der Waals surface area contributed by atoms with Crippen molar-refractivity contribution < 1.29 is 0 Å². The van der Waals surface area contributed by atoms with Crippen molar-refractivity contribution in [3.8, 4) is 0 Å². The maximum Gasteiger partial charge on any atom is 0.0204 e. The van der Waals surface area contributed by atoms with E-state index in [-0.39, 0.29) is 0 Å². The molecule has 1 aromatic carbocycles. The zero-order valence-electron chi connectivity index (χ0n) is 10.9. The SMILES string of the molecule is Cc1cc(C(C)C(C)C(CN)CN)ccc1Br. The first-order chi connectivity index (χ1) is 8.01. The highest BCUT2D eigenvalue weighted by atomic mass is 79.9. The van der Waals surface area contributed by atoms with E-state index >= 15 is 0 Å². The lowest BCUT2D eigenvalue weighted by Gasteiger charge is -2.27. The first-order valence-corrected chi connectivity index (χ1v) is 6.96. The number of hydrogen-bond donors (Lipinski definition) is 2. The molecule has 0 aromatic heterocycles. The second-order valence-corrected chi connectivity index (χ2v) is 5.74. The lowest BCUT2D eigenvalue weighted by Crippen LogP contribution is -2.31. The molecule has 0 radical (unpaired) electrons. The van der Waals surface area contributed by atoms with Crippen molar-refractivity contribution in [1.29, 1.82) is 0 Å². The molecule has 0 spiro atoms. The van der Waals surface area contributed by atoms with Crippen molar-refractivity contribution in [2.24, 2.45) is 23.3 Å². The molecule has 17 heavy (non-hydrogen) atoms. The van der Waals surface area contributed by atoms with Crippen LogP contribution in [0.1, 0.15) is 30.9 Å².